The fourth-order valence-electron chi connectivity index (χ4n) is 1.97. The molecular weight excluding hydrogens is 192 g/mol. The van der Waals surface area contributed by atoms with E-state index in [1.807, 2.05) is 0 Å². The van der Waals surface area contributed by atoms with E-state index in [1.165, 1.54) is 0 Å². The van der Waals surface area contributed by atoms with Gasteiger partial charge in [0.2, 0.25) is 0 Å². The third kappa shape index (κ3) is 3.14. The molecule has 2 saturated heterocycles. The third-order valence-corrected chi connectivity index (χ3v) is 2.83. The minimum absolute atomic E-state index is 0.0562. The molecule has 1 atom stereocenters. The van der Waals surface area contributed by atoms with Crippen molar-refractivity contribution in [1.82, 2.24) is 10.2 Å². The van der Waals surface area contributed by atoms with Crippen LogP contribution in [0.4, 0.5) is 0 Å². The second kappa shape index (κ2) is 4.37. The summed E-state index contributed by atoms with van der Waals surface area (Å²) in [6.07, 6.45) is -0.0562. The number of ether oxygens (including phenoxy) is 2. The molecule has 2 aliphatic heterocycles. The van der Waals surface area contributed by atoms with E-state index in [9.17, 15) is 0 Å². The molecule has 0 bridgehead atoms. The first kappa shape index (κ1) is 11.3. The third-order valence-electron chi connectivity index (χ3n) is 2.83. The van der Waals surface area contributed by atoms with Crippen molar-refractivity contribution in [2.75, 3.05) is 32.8 Å². The molecule has 2 heterocycles. The van der Waals surface area contributed by atoms with Crippen LogP contribution in [0.5, 0.6) is 0 Å². The molecule has 0 aromatic rings. The van der Waals surface area contributed by atoms with Crippen LogP contribution >= 0.6 is 0 Å². The summed E-state index contributed by atoms with van der Waals surface area (Å²) in [7, 11) is 0. The van der Waals surface area contributed by atoms with E-state index < -0.39 is 0 Å². The first-order valence-electron chi connectivity index (χ1n) is 5.79. The lowest BCUT2D eigenvalue weighted by molar-refractivity contribution is -0.226. The molecule has 0 unspecified atom stereocenters. The first-order chi connectivity index (χ1) is 7.04. The van der Waals surface area contributed by atoms with Crippen molar-refractivity contribution in [3.63, 3.8) is 0 Å². The van der Waals surface area contributed by atoms with Crippen molar-refractivity contribution < 1.29 is 9.47 Å². The van der Waals surface area contributed by atoms with Crippen LogP contribution in [0.3, 0.4) is 0 Å². The summed E-state index contributed by atoms with van der Waals surface area (Å²) in [4.78, 5) is 2.47. The predicted octanol–water partition coefficient (Wildman–Crippen LogP) is 0.432. The van der Waals surface area contributed by atoms with Gasteiger partial charge in [0.25, 0.3) is 0 Å². The number of nitrogens with zero attached hydrogens (tertiary/aromatic N) is 1. The summed E-state index contributed by atoms with van der Waals surface area (Å²) in [5.41, 5.74) is -0.120. The Labute approximate surface area is 91.9 Å². The Morgan fingerprint density at radius 2 is 2.07 bits per heavy atom. The molecule has 88 valence electrons. The van der Waals surface area contributed by atoms with E-state index in [0.717, 1.165) is 32.8 Å². The maximum atomic E-state index is 5.84. The normalized spacial score (nSPS) is 30.2. The summed E-state index contributed by atoms with van der Waals surface area (Å²) in [5, 5.41) is 3.30. The van der Waals surface area contributed by atoms with Crippen LogP contribution in [0.25, 0.3) is 0 Å². The summed E-state index contributed by atoms with van der Waals surface area (Å²) in [6, 6.07) is 0.694. The lowest BCUT2D eigenvalue weighted by Crippen LogP contribution is -2.61. The summed E-state index contributed by atoms with van der Waals surface area (Å²) >= 11 is 0. The molecule has 0 radical (unpaired) electrons. The Hall–Kier alpha value is -0.160. The van der Waals surface area contributed by atoms with Crippen molar-refractivity contribution >= 4 is 0 Å². The SMILES string of the molecule is CC(C)(C)O[C@H]1CN(C2CNC2)CCO1. The Morgan fingerprint density at radius 3 is 2.60 bits per heavy atom. The Balaban J connectivity index is 1.81. The van der Waals surface area contributed by atoms with E-state index in [4.69, 9.17) is 9.47 Å². The predicted molar refractivity (Wildman–Crippen MR) is 58.8 cm³/mol. The molecule has 2 rings (SSSR count). The molecule has 0 spiro atoms. The van der Waals surface area contributed by atoms with E-state index in [0.29, 0.717) is 6.04 Å². The van der Waals surface area contributed by atoms with Crippen molar-refractivity contribution in [2.24, 2.45) is 0 Å². The van der Waals surface area contributed by atoms with Crippen molar-refractivity contribution in [1.29, 1.82) is 0 Å². The van der Waals surface area contributed by atoms with Crippen molar-refractivity contribution in [3.05, 3.63) is 0 Å². The van der Waals surface area contributed by atoms with E-state index >= 15 is 0 Å². The number of hydrogen-bond donors (Lipinski definition) is 1. The summed E-state index contributed by atoms with van der Waals surface area (Å²) < 4.78 is 11.5. The number of nitrogens with one attached hydrogen (secondary N) is 1. The molecule has 0 aromatic carbocycles. The number of rotatable bonds is 2. The van der Waals surface area contributed by atoms with Crippen LogP contribution in [0.2, 0.25) is 0 Å². The molecule has 0 aromatic heterocycles. The monoisotopic (exact) mass is 214 g/mol. The van der Waals surface area contributed by atoms with Crippen LogP contribution in [0.1, 0.15) is 20.8 Å². The zero-order chi connectivity index (χ0) is 10.9. The molecule has 0 saturated carbocycles. The molecule has 1 N–H and O–H groups in total. The Morgan fingerprint density at radius 1 is 1.33 bits per heavy atom. The lowest BCUT2D eigenvalue weighted by Gasteiger charge is -2.43. The number of hydrogen-bond acceptors (Lipinski definition) is 4. The van der Waals surface area contributed by atoms with Gasteiger partial charge in [0, 0.05) is 25.7 Å². The topological polar surface area (TPSA) is 33.7 Å². The van der Waals surface area contributed by atoms with Gasteiger partial charge >= 0.3 is 0 Å². The van der Waals surface area contributed by atoms with Gasteiger partial charge in [-0.25, -0.2) is 0 Å². The highest BCUT2D eigenvalue weighted by Crippen LogP contribution is 2.17. The van der Waals surface area contributed by atoms with Gasteiger partial charge < -0.3 is 14.8 Å². The van der Waals surface area contributed by atoms with Gasteiger partial charge in [-0.2, -0.15) is 0 Å². The van der Waals surface area contributed by atoms with Gasteiger partial charge in [-0.05, 0) is 20.8 Å². The van der Waals surface area contributed by atoms with Crippen LogP contribution in [0, 0.1) is 0 Å². The summed E-state index contributed by atoms with van der Waals surface area (Å²) in [5.74, 6) is 0. The van der Waals surface area contributed by atoms with Crippen LogP contribution in [0.15, 0.2) is 0 Å². The van der Waals surface area contributed by atoms with E-state index in [1.54, 1.807) is 0 Å². The average molecular weight is 214 g/mol. The zero-order valence-electron chi connectivity index (χ0n) is 9.95. The standard InChI is InChI=1S/C11H22N2O2/c1-11(2,3)15-10-8-13(4-5-14-10)9-6-12-7-9/h9-10,12H,4-8H2,1-3H3/t10-/m0/s1. The van der Waals surface area contributed by atoms with Gasteiger partial charge in [0.15, 0.2) is 6.29 Å². The molecule has 0 amide bonds. The minimum Gasteiger partial charge on any atom is -0.350 e. The molecule has 4 nitrogen and oxygen atoms in total. The smallest absolute Gasteiger partial charge is 0.170 e. The maximum absolute atomic E-state index is 5.84. The lowest BCUT2D eigenvalue weighted by atomic mass is 10.1. The van der Waals surface area contributed by atoms with E-state index in [-0.39, 0.29) is 11.9 Å². The van der Waals surface area contributed by atoms with E-state index in [2.05, 4.69) is 31.0 Å². The van der Waals surface area contributed by atoms with Gasteiger partial charge in [-0.1, -0.05) is 0 Å². The second-order valence-corrected chi connectivity index (χ2v) is 5.34. The van der Waals surface area contributed by atoms with Crippen LogP contribution < -0.4 is 5.32 Å². The number of morpholine rings is 1. The van der Waals surface area contributed by atoms with Crippen molar-refractivity contribution in [3.8, 4) is 0 Å². The molecule has 2 fully saturated rings. The Kier molecular flexibility index (Phi) is 3.30. The average Bonchev–Trinajstić information content (AvgIpc) is 1.97. The molecule has 4 heteroatoms. The summed E-state index contributed by atoms with van der Waals surface area (Å²) in [6.45, 7) is 11.2. The fourth-order valence-corrected chi connectivity index (χ4v) is 1.97. The highest BCUT2D eigenvalue weighted by Gasteiger charge is 2.31. The van der Waals surface area contributed by atoms with Gasteiger partial charge in [0.1, 0.15) is 0 Å². The van der Waals surface area contributed by atoms with Gasteiger partial charge in [0.05, 0.1) is 18.8 Å². The molecular formula is C11H22N2O2. The highest BCUT2D eigenvalue weighted by atomic mass is 16.7. The van der Waals surface area contributed by atoms with Crippen LogP contribution in [-0.2, 0) is 9.47 Å². The molecule has 15 heavy (non-hydrogen) atoms. The molecule has 0 aliphatic carbocycles. The molecule has 2 aliphatic rings. The second-order valence-electron chi connectivity index (χ2n) is 5.34. The van der Waals surface area contributed by atoms with Crippen LogP contribution in [-0.4, -0.2) is 55.6 Å². The highest BCUT2D eigenvalue weighted by molar-refractivity contribution is 4.86. The maximum Gasteiger partial charge on any atom is 0.170 e. The zero-order valence-corrected chi connectivity index (χ0v) is 9.95. The largest absolute Gasteiger partial charge is 0.350 e. The fraction of sp³-hybridized carbons (Fsp3) is 1.00. The Bertz CT molecular complexity index is 211. The van der Waals surface area contributed by atoms with Crippen molar-refractivity contribution in [2.45, 2.75) is 38.7 Å². The van der Waals surface area contributed by atoms with Gasteiger partial charge in [-0.3, -0.25) is 4.90 Å². The first-order valence-corrected chi connectivity index (χ1v) is 5.79. The quantitative estimate of drug-likeness (QED) is 0.723. The minimum atomic E-state index is -0.120. The van der Waals surface area contributed by atoms with Gasteiger partial charge in [-0.15, -0.1) is 0 Å².